The summed E-state index contributed by atoms with van der Waals surface area (Å²) in [6.45, 7) is 3.73. The van der Waals surface area contributed by atoms with Gasteiger partial charge in [-0.2, -0.15) is 11.8 Å². The second kappa shape index (κ2) is 4.91. The number of carbonyl (C=O) groups excluding carboxylic acids is 1. The third-order valence-corrected chi connectivity index (χ3v) is 4.55. The maximum atomic E-state index is 12.3. The molecule has 1 saturated carbocycles. The summed E-state index contributed by atoms with van der Waals surface area (Å²) in [5.41, 5.74) is 0. The average molecular weight is 267 g/mol. The van der Waals surface area contributed by atoms with E-state index in [9.17, 15) is 4.79 Å². The van der Waals surface area contributed by atoms with Crippen molar-refractivity contribution in [2.75, 3.05) is 24.6 Å². The van der Waals surface area contributed by atoms with Crippen LogP contribution in [-0.2, 0) is 0 Å². The first kappa shape index (κ1) is 12.0. The van der Waals surface area contributed by atoms with Crippen LogP contribution in [0.3, 0.4) is 0 Å². The van der Waals surface area contributed by atoms with Gasteiger partial charge in [0, 0.05) is 24.8 Å². The van der Waals surface area contributed by atoms with Crippen LogP contribution in [0, 0.1) is 5.92 Å². The van der Waals surface area contributed by atoms with Gasteiger partial charge in [-0.15, -0.1) is 10.2 Å². The maximum Gasteiger partial charge on any atom is 0.311 e. The van der Waals surface area contributed by atoms with Gasteiger partial charge in [0.1, 0.15) is 0 Å². The van der Waals surface area contributed by atoms with Gasteiger partial charge in [-0.05, 0) is 24.5 Å². The van der Waals surface area contributed by atoms with Gasteiger partial charge in [0.05, 0.1) is 0 Å². The molecule has 0 radical (unpaired) electrons. The molecule has 2 fully saturated rings. The molecule has 98 valence electrons. The first-order chi connectivity index (χ1) is 8.74. The summed E-state index contributed by atoms with van der Waals surface area (Å²) in [6, 6.07) is 0. The first-order valence-corrected chi connectivity index (χ1v) is 7.60. The Morgan fingerprint density at radius 3 is 3.06 bits per heavy atom. The third kappa shape index (κ3) is 2.53. The van der Waals surface area contributed by atoms with Crippen molar-refractivity contribution in [1.29, 1.82) is 0 Å². The summed E-state index contributed by atoms with van der Waals surface area (Å²) < 4.78 is 5.48. The molecule has 1 aromatic rings. The molecule has 2 heterocycles. The van der Waals surface area contributed by atoms with E-state index in [1.54, 1.807) is 0 Å². The van der Waals surface area contributed by atoms with Crippen molar-refractivity contribution < 1.29 is 9.21 Å². The molecule has 5 nitrogen and oxygen atoms in total. The lowest BCUT2D eigenvalue weighted by molar-refractivity contribution is 0.0709. The van der Waals surface area contributed by atoms with Gasteiger partial charge < -0.3 is 9.32 Å². The fourth-order valence-electron chi connectivity index (χ4n) is 2.12. The van der Waals surface area contributed by atoms with Gasteiger partial charge >= 0.3 is 11.8 Å². The molecule has 3 rings (SSSR count). The summed E-state index contributed by atoms with van der Waals surface area (Å²) in [7, 11) is 0. The van der Waals surface area contributed by atoms with Crippen LogP contribution in [0.25, 0.3) is 0 Å². The summed E-state index contributed by atoms with van der Waals surface area (Å²) in [5, 5.41) is 7.86. The van der Waals surface area contributed by atoms with Gasteiger partial charge in [0.15, 0.2) is 0 Å². The van der Waals surface area contributed by atoms with E-state index in [1.165, 1.54) is 0 Å². The van der Waals surface area contributed by atoms with Crippen LogP contribution >= 0.6 is 11.8 Å². The Morgan fingerprint density at radius 1 is 1.44 bits per heavy atom. The highest BCUT2D eigenvalue weighted by Gasteiger charge is 2.32. The van der Waals surface area contributed by atoms with Crippen molar-refractivity contribution in [3.63, 3.8) is 0 Å². The normalized spacial score (nSPS) is 24.9. The lowest BCUT2D eigenvalue weighted by atomic mass is 10.2. The number of aromatic nitrogens is 2. The molecule has 6 heteroatoms. The molecule has 0 N–H and O–H groups in total. The Bertz CT molecular complexity index is 444. The standard InChI is InChI=1S/C12H17N3O2S/c1-8-6-15(4-5-18-7-8)12(16)11-14-13-10(17-11)9-2-3-9/h8-9H,2-7H2,1H3. The van der Waals surface area contributed by atoms with Crippen molar-refractivity contribution in [1.82, 2.24) is 15.1 Å². The number of nitrogens with zero attached hydrogens (tertiary/aromatic N) is 3. The zero-order valence-corrected chi connectivity index (χ0v) is 11.3. The molecular formula is C12H17N3O2S. The van der Waals surface area contributed by atoms with E-state index in [2.05, 4.69) is 17.1 Å². The highest BCUT2D eigenvalue weighted by molar-refractivity contribution is 7.99. The van der Waals surface area contributed by atoms with Crippen LogP contribution in [0.15, 0.2) is 4.42 Å². The third-order valence-electron chi connectivity index (χ3n) is 3.28. The Kier molecular flexibility index (Phi) is 3.28. The van der Waals surface area contributed by atoms with E-state index in [4.69, 9.17) is 4.42 Å². The smallest absolute Gasteiger partial charge is 0.311 e. The number of carbonyl (C=O) groups is 1. The van der Waals surface area contributed by atoms with Gasteiger partial charge in [0.2, 0.25) is 5.89 Å². The number of rotatable bonds is 2. The van der Waals surface area contributed by atoms with E-state index >= 15 is 0 Å². The highest BCUT2D eigenvalue weighted by atomic mass is 32.2. The van der Waals surface area contributed by atoms with E-state index in [0.29, 0.717) is 17.7 Å². The monoisotopic (exact) mass is 267 g/mol. The fraction of sp³-hybridized carbons (Fsp3) is 0.750. The van der Waals surface area contributed by atoms with Crippen molar-refractivity contribution >= 4 is 17.7 Å². The van der Waals surface area contributed by atoms with E-state index < -0.39 is 0 Å². The van der Waals surface area contributed by atoms with Gasteiger partial charge in [-0.1, -0.05) is 6.92 Å². The second-order valence-corrected chi connectivity index (χ2v) is 6.30. The molecule has 1 saturated heterocycles. The van der Waals surface area contributed by atoms with Crippen LogP contribution in [0.1, 0.15) is 42.3 Å². The number of thioether (sulfide) groups is 1. The van der Waals surface area contributed by atoms with Crippen molar-refractivity contribution in [3.05, 3.63) is 11.8 Å². The summed E-state index contributed by atoms with van der Waals surface area (Å²) in [5.74, 6) is 3.71. The predicted octanol–water partition coefficient (Wildman–Crippen LogP) is 1.77. The molecule has 1 aliphatic heterocycles. The topological polar surface area (TPSA) is 59.2 Å². The molecule has 0 bridgehead atoms. The molecule has 1 unspecified atom stereocenters. The summed E-state index contributed by atoms with van der Waals surface area (Å²) in [4.78, 5) is 14.1. The Labute approximate surface area is 110 Å². The molecular weight excluding hydrogens is 250 g/mol. The first-order valence-electron chi connectivity index (χ1n) is 6.44. The van der Waals surface area contributed by atoms with Gasteiger partial charge in [-0.25, -0.2) is 0 Å². The number of hydrogen-bond acceptors (Lipinski definition) is 5. The maximum absolute atomic E-state index is 12.3. The molecule has 18 heavy (non-hydrogen) atoms. The number of hydrogen-bond donors (Lipinski definition) is 0. The molecule has 1 aliphatic carbocycles. The van der Waals surface area contributed by atoms with Crippen LogP contribution < -0.4 is 0 Å². The number of amides is 1. The lowest BCUT2D eigenvalue weighted by Gasteiger charge is -2.20. The predicted molar refractivity (Wildman–Crippen MR) is 68.7 cm³/mol. The minimum absolute atomic E-state index is 0.108. The minimum atomic E-state index is -0.108. The van der Waals surface area contributed by atoms with Crippen molar-refractivity contribution in [2.24, 2.45) is 5.92 Å². The fourth-order valence-corrected chi connectivity index (χ4v) is 3.14. The summed E-state index contributed by atoms with van der Waals surface area (Å²) >= 11 is 1.90. The van der Waals surface area contributed by atoms with Crippen LogP contribution in [-0.4, -0.2) is 45.6 Å². The van der Waals surface area contributed by atoms with Crippen molar-refractivity contribution in [3.8, 4) is 0 Å². The molecule has 1 aromatic heterocycles. The quantitative estimate of drug-likeness (QED) is 0.817. The minimum Gasteiger partial charge on any atom is -0.417 e. The van der Waals surface area contributed by atoms with E-state index in [0.717, 1.165) is 37.4 Å². The Morgan fingerprint density at radius 2 is 2.28 bits per heavy atom. The van der Waals surface area contributed by atoms with Crippen LogP contribution in [0.4, 0.5) is 0 Å². The summed E-state index contributed by atoms with van der Waals surface area (Å²) in [6.07, 6.45) is 2.21. The SMILES string of the molecule is CC1CSCCN(C(=O)c2nnc(C3CC3)o2)C1. The van der Waals surface area contributed by atoms with Crippen LogP contribution in [0.5, 0.6) is 0 Å². The Balaban J connectivity index is 1.71. The molecule has 0 aromatic carbocycles. The van der Waals surface area contributed by atoms with Crippen molar-refractivity contribution in [2.45, 2.75) is 25.7 Å². The second-order valence-electron chi connectivity index (χ2n) is 5.15. The zero-order valence-electron chi connectivity index (χ0n) is 10.5. The van der Waals surface area contributed by atoms with E-state index in [-0.39, 0.29) is 11.8 Å². The molecule has 1 atom stereocenters. The van der Waals surface area contributed by atoms with Gasteiger partial charge in [-0.3, -0.25) is 4.79 Å². The highest BCUT2D eigenvalue weighted by Crippen LogP contribution is 2.39. The molecule has 1 amide bonds. The zero-order chi connectivity index (χ0) is 12.5. The Hall–Kier alpha value is -1.04. The van der Waals surface area contributed by atoms with Crippen LogP contribution in [0.2, 0.25) is 0 Å². The van der Waals surface area contributed by atoms with Gasteiger partial charge in [0.25, 0.3) is 0 Å². The van der Waals surface area contributed by atoms with E-state index in [1.807, 2.05) is 16.7 Å². The molecule has 0 spiro atoms. The largest absolute Gasteiger partial charge is 0.417 e. The lowest BCUT2D eigenvalue weighted by Crippen LogP contribution is -2.35. The molecule has 2 aliphatic rings. The average Bonchev–Trinajstić information content (AvgIpc) is 3.13.